The molecule has 0 spiro atoms. The summed E-state index contributed by atoms with van der Waals surface area (Å²) in [4.78, 5) is 4.51. The van der Waals surface area contributed by atoms with E-state index in [1.165, 1.54) is 0 Å². The van der Waals surface area contributed by atoms with Gasteiger partial charge in [0.05, 0.1) is 12.3 Å². The molecule has 0 unspecified atom stereocenters. The van der Waals surface area contributed by atoms with Crippen LogP contribution in [0.5, 0.6) is 0 Å². The number of benzene rings is 1. The number of rotatable bonds is 5. The van der Waals surface area contributed by atoms with E-state index < -0.39 is 0 Å². The van der Waals surface area contributed by atoms with Crippen LogP contribution in [0.4, 0.5) is 0 Å². The molecule has 2 heterocycles. The first-order chi connectivity index (χ1) is 10.7. The number of thioether (sulfide) groups is 1. The molecular weight excluding hydrogens is 343 g/mol. The van der Waals surface area contributed by atoms with E-state index in [0.29, 0.717) is 23.1 Å². The van der Waals surface area contributed by atoms with Gasteiger partial charge in [-0.1, -0.05) is 35.3 Å². The molecule has 1 aromatic carbocycles. The van der Waals surface area contributed by atoms with Crippen molar-refractivity contribution in [2.45, 2.75) is 12.3 Å². The molecule has 22 heavy (non-hydrogen) atoms. The quantitative estimate of drug-likeness (QED) is 0.760. The van der Waals surface area contributed by atoms with Crippen molar-refractivity contribution >= 4 is 35.0 Å². The molecule has 6 nitrogen and oxygen atoms in total. The Morgan fingerprint density at radius 2 is 1.95 bits per heavy atom. The van der Waals surface area contributed by atoms with Crippen LogP contribution in [0.3, 0.4) is 0 Å². The molecule has 0 aliphatic heterocycles. The minimum Gasteiger partial charge on any atom is -0.240 e. The fraction of sp³-hybridized carbons (Fsp3) is 0.231. The predicted octanol–water partition coefficient (Wildman–Crippen LogP) is 3.28. The van der Waals surface area contributed by atoms with E-state index in [-0.39, 0.29) is 5.15 Å². The third kappa shape index (κ3) is 3.26. The van der Waals surface area contributed by atoms with Gasteiger partial charge in [0.2, 0.25) is 0 Å². The third-order valence-electron chi connectivity index (χ3n) is 2.95. The van der Waals surface area contributed by atoms with Gasteiger partial charge >= 0.3 is 0 Å². The van der Waals surface area contributed by atoms with Crippen molar-refractivity contribution in [2.24, 2.45) is 0 Å². The maximum atomic E-state index is 6.05. The number of hydrogen-bond donors (Lipinski definition) is 1. The Bertz CT molecular complexity index is 767. The standard InChI is InChI=1S/C13H12Cl2N6S/c1-22-7-10-16-13(11-12(15)18-20-17-11)21(19-10)6-8-2-4-9(14)5-3-8/h2-5H,6-7H2,1H3,(H,17,18,20). The van der Waals surface area contributed by atoms with Crippen molar-refractivity contribution in [2.75, 3.05) is 6.26 Å². The molecule has 0 saturated heterocycles. The van der Waals surface area contributed by atoms with E-state index in [2.05, 4.69) is 25.5 Å². The average molecular weight is 355 g/mol. The maximum absolute atomic E-state index is 6.05. The highest BCUT2D eigenvalue weighted by atomic mass is 35.5. The van der Waals surface area contributed by atoms with E-state index in [9.17, 15) is 0 Å². The highest BCUT2D eigenvalue weighted by molar-refractivity contribution is 7.97. The molecule has 1 N–H and O–H groups in total. The Balaban J connectivity index is 1.98. The zero-order valence-electron chi connectivity index (χ0n) is 11.6. The number of nitrogens with one attached hydrogen (secondary N) is 1. The number of nitrogens with zero attached hydrogens (tertiary/aromatic N) is 5. The van der Waals surface area contributed by atoms with E-state index >= 15 is 0 Å². The summed E-state index contributed by atoms with van der Waals surface area (Å²) in [5.74, 6) is 2.05. The van der Waals surface area contributed by atoms with Gasteiger partial charge in [0.1, 0.15) is 0 Å². The second-order valence-electron chi connectivity index (χ2n) is 4.53. The molecule has 0 atom stereocenters. The lowest BCUT2D eigenvalue weighted by atomic mass is 10.2. The van der Waals surface area contributed by atoms with Gasteiger partial charge in [-0.2, -0.15) is 27.2 Å². The largest absolute Gasteiger partial charge is 0.240 e. The molecule has 2 aromatic heterocycles. The molecular formula is C13H12Cl2N6S. The van der Waals surface area contributed by atoms with Crippen LogP contribution < -0.4 is 0 Å². The van der Waals surface area contributed by atoms with Gasteiger partial charge in [0.15, 0.2) is 22.5 Å². The molecule has 0 radical (unpaired) electrons. The van der Waals surface area contributed by atoms with Crippen LogP contribution in [-0.2, 0) is 12.3 Å². The molecule has 3 rings (SSSR count). The van der Waals surface area contributed by atoms with Crippen molar-refractivity contribution < 1.29 is 0 Å². The van der Waals surface area contributed by atoms with Crippen LogP contribution in [0.2, 0.25) is 10.2 Å². The van der Waals surface area contributed by atoms with Gasteiger partial charge in [0.25, 0.3) is 0 Å². The lowest BCUT2D eigenvalue weighted by Crippen LogP contribution is -2.05. The van der Waals surface area contributed by atoms with Crippen molar-refractivity contribution in [3.8, 4) is 11.5 Å². The maximum Gasteiger partial charge on any atom is 0.182 e. The monoisotopic (exact) mass is 354 g/mol. The molecule has 0 bridgehead atoms. The molecule has 3 aromatic rings. The normalized spacial score (nSPS) is 11.0. The average Bonchev–Trinajstić information content (AvgIpc) is 3.08. The molecule has 0 amide bonds. The smallest absolute Gasteiger partial charge is 0.182 e. The summed E-state index contributed by atoms with van der Waals surface area (Å²) in [5.41, 5.74) is 1.56. The lowest BCUT2D eigenvalue weighted by Gasteiger charge is -2.04. The summed E-state index contributed by atoms with van der Waals surface area (Å²) in [6.07, 6.45) is 2.00. The molecule has 114 valence electrons. The third-order valence-corrected chi connectivity index (χ3v) is 4.01. The number of H-pyrrole nitrogens is 1. The first-order valence-electron chi connectivity index (χ1n) is 6.41. The van der Waals surface area contributed by atoms with E-state index in [0.717, 1.165) is 17.1 Å². The highest BCUT2D eigenvalue weighted by Crippen LogP contribution is 2.23. The Hall–Kier alpha value is -1.57. The topological polar surface area (TPSA) is 72.3 Å². The van der Waals surface area contributed by atoms with Crippen molar-refractivity contribution in [1.82, 2.24) is 30.2 Å². The van der Waals surface area contributed by atoms with Crippen LogP contribution in [0.1, 0.15) is 11.4 Å². The predicted molar refractivity (Wildman–Crippen MR) is 88.2 cm³/mol. The lowest BCUT2D eigenvalue weighted by molar-refractivity contribution is 0.683. The molecule has 0 aliphatic rings. The van der Waals surface area contributed by atoms with Gasteiger partial charge in [-0.05, 0) is 24.0 Å². The van der Waals surface area contributed by atoms with Crippen molar-refractivity contribution in [3.63, 3.8) is 0 Å². The van der Waals surface area contributed by atoms with Gasteiger partial charge in [-0.25, -0.2) is 9.67 Å². The summed E-state index contributed by atoms with van der Waals surface area (Å²) in [6.45, 7) is 0.553. The van der Waals surface area contributed by atoms with Crippen LogP contribution in [0.15, 0.2) is 24.3 Å². The van der Waals surface area contributed by atoms with Gasteiger partial charge in [0, 0.05) is 5.02 Å². The van der Waals surface area contributed by atoms with Crippen LogP contribution in [-0.4, -0.2) is 36.4 Å². The SMILES string of the molecule is CSCc1nc(-c2n[nH]nc2Cl)n(Cc2ccc(Cl)cc2)n1. The van der Waals surface area contributed by atoms with E-state index in [4.69, 9.17) is 23.2 Å². The second kappa shape index (κ2) is 6.68. The number of halogens is 2. The molecule has 0 fully saturated rings. The van der Waals surface area contributed by atoms with Crippen LogP contribution in [0.25, 0.3) is 11.5 Å². The van der Waals surface area contributed by atoms with E-state index in [1.807, 2.05) is 30.5 Å². The second-order valence-corrected chi connectivity index (χ2v) is 6.19. The Morgan fingerprint density at radius 3 is 2.59 bits per heavy atom. The summed E-state index contributed by atoms with van der Waals surface area (Å²) in [5, 5.41) is 15.9. The summed E-state index contributed by atoms with van der Waals surface area (Å²) in [6, 6.07) is 7.59. The Kier molecular flexibility index (Phi) is 4.66. The van der Waals surface area contributed by atoms with Crippen LogP contribution in [0, 0.1) is 0 Å². The first-order valence-corrected chi connectivity index (χ1v) is 8.56. The van der Waals surface area contributed by atoms with Gasteiger partial charge < -0.3 is 0 Å². The van der Waals surface area contributed by atoms with Crippen molar-refractivity contribution in [3.05, 3.63) is 45.8 Å². The number of hydrogen-bond acceptors (Lipinski definition) is 5. The summed E-state index contributed by atoms with van der Waals surface area (Å²) >= 11 is 13.6. The first kappa shape index (κ1) is 15.3. The number of aromatic nitrogens is 6. The fourth-order valence-electron chi connectivity index (χ4n) is 1.99. The highest BCUT2D eigenvalue weighted by Gasteiger charge is 2.18. The fourth-order valence-corrected chi connectivity index (χ4v) is 2.66. The summed E-state index contributed by atoms with van der Waals surface area (Å²) < 4.78 is 1.78. The van der Waals surface area contributed by atoms with Crippen molar-refractivity contribution in [1.29, 1.82) is 0 Å². The van der Waals surface area contributed by atoms with Gasteiger partial charge in [-0.15, -0.1) is 5.10 Å². The number of aromatic amines is 1. The van der Waals surface area contributed by atoms with E-state index in [1.54, 1.807) is 16.4 Å². The minimum atomic E-state index is 0.278. The molecule has 9 heteroatoms. The molecule has 0 saturated carbocycles. The zero-order chi connectivity index (χ0) is 15.5. The zero-order valence-corrected chi connectivity index (χ0v) is 14.0. The Morgan fingerprint density at radius 1 is 1.18 bits per heavy atom. The molecule has 0 aliphatic carbocycles. The summed E-state index contributed by atoms with van der Waals surface area (Å²) in [7, 11) is 0. The van der Waals surface area contributed by atoms with Gasteiger partial charge in [-0.3, -0.25) is 0 Å². The van der Waals surface area contributed by atoms with Crippen LogP contribution >= 0.6 is 35.0 Å². The minimum absolute atomic E-state index is 0.278. The Labute approximate surface area is 141 Å².